The van der Waals surface area contributed by atoms with Gasteiger partial charge in [0.05, 0.1) is 41.4 Å². The summed E-state index contributed by atoms with van der Waals surface area (Å²) in [7, 11) is 0. The number of hydrogen-bond donors (Lipinski definition) is 1. The van der Waals surface area contributed by atoms with Gasteiger partial charge in [0.15, 0.2) is 11.5 Å². The highest BCUT2D eigenvalue weighted by molar-refractivity contribution is 6.30. The summed E-state index contributed by atoms with van der Waals surface area (Å²) in [5.74, 6) is -0.235. The summed E-state index contributed by atoms with van der Waals surface area (Å²) in [5.41, 5.74) is 3.25. The van der Waals surface area contributed by atoms with Crippen molar-refractivity contribution in [3.8, 4) is 11.5 Å². The Kier molecular flexibility index (Phi) is 7.27. The van der Waals surface area contributed by atoms with Gasteiger partial charge in [-0.05, 0) is 87.2 Å². The SMILES string of the molecule is CC1(c2ccc(Cl)cc2F)Oc2cccc(C3CCN(Cc4nc5ccc(C(=O)O)cc5n4C[C@H]4CCCO4)CC3)c2O1. The smallest absolute Gasteiger partial charge is 0.335 e. The van der Waals surface area contributed by atoms with Crippen LogP contribution in [0.3, 0.4) is 0 Å². The van der Waals surface area contributed by atoms with Crippen molar-refractivity contribution in [2.45, 2.75) is 63.5 Å². The van der Waals surface area contributed by atoms with Gasteiger partial charge in [-0.15, -0.1) is 0 Å². The molecule has 2 fully saturated rings. The Morgan fingerprint density at radius 3 is 2.70 bits per heavy atom. The third kappa shape index (κ3) is 5.34. The first-order valence-electron chi connectivity index (χ1n) is 14.8. The van der Waals surface area contributed by atoms with Gasteiger partial charge in [0.1, 0.15) is 11.6 Å². The molecule has 43 heavy (non-hydrogen) atoms. The fourth-order valence-electron chi connectivity index (χ4n) is 6.66. The molecule has 0 aliphatic carbocycles. The summed E-state index contributed by atoms with van der Waals surface area (Å²) in [6.07, 6.45) is 3.96. The summed E-state index contributed by atoms with van der Waals surface area (Å²) in [6, 6.07) is 15.5. The third-order valence-electron chi connectivity index (χ3n) is 8.91. The summed E-state index contributed by atoms with van der Waals surface area (Å²) in [5, 5.41) is 9.89. The van der Waals surface area contributed by atoms with Gasteiger partial charge in [0.2, 0.25) is 0 Å². The molecule has 1 N–H and O–H groups in total. The molecule has 4 heterocycles. The minimum absolute atomic E-state index is 0.102. The number of aromatic carboxylic acids is 1. The van der Waals surface area contributed by atoms with Crippen LogP contribution in [-0.4, -0.2) is 51.3 Å². The van der Waals surface area contributed by atoms with Crippen LogP contribution in [0.25, 0.3) is 11.0 Å². The van der Waals surface area contributed by atoms with Crippen molar-refractivity contribution in [1.82, 2.24) is 14.5 Å². The van der Waals surface area contributed by atoms with Crippen molar-refractivity contribution in [3.63, 3.8) is 0 Å². The molecule has 2 atom stereocenters. The molecule has 224 valence electrons. The summed E-state index contributed by atoms with van der Waals surface area (Å²) >= 11 is 5.97. The van der Waals surface area contributed by atoms with Crippen molar-refractivity contribution >= 4 is 28.6 Å². The normalized spacial score (nSPS) is 22.4. The molecule has 0 spiro atoms. The number of halogens is 2. The quantitative estimate of drug-likeness (QED) is 0.250. The van der Waals surface area contributed by atoms with Crippen molar-refractivity contribution in [2.75, 3.05) is 19.7 Å². The van der Waals surface area contributed by atoms with Crippen LogP contribution in [-0.2, 0) is 23.6 Å². The Hall–Kier alpha value is -3.66. The van der Waals surface area contributed by atoms with E-state index in [9.17, 15) is 14.3 Å². The molecule has 1 unspecified atom stereocenters. The van der Waals surface area contributed by atoms with Crippen LogP contribution in [0.15, 0.2) is 54.6 Å². The highest BCUT2D eigenvalue weighted by atomic mass is 35.5. The number of imidazole rings is 1. The first-order chi connectivity index (χ1) is 20.8. The van der Waals surface area contributed by atoms with E-state index in [1.54, 1.807) is 37.3 Å². The average molecular weight is 606 g/mol. The molecule has 3 aliphatic rings. The number of fused-ring (bicyclic) bond motifs is 2. The van der Waals surface area contributed by atoms with E-state index in [1.807, 2.05) is 12.1 Å². The number of ether oxygens (including phenoxy) is 3. The summed E-state index contributed by atoms with van der Waals surface area (Å²) < 4.78 is 35.4. The van der Waals surface area contributed by atoms with Crippen LogP contribution < -0.4 is 9.47 Å². The molecular weight excluding hydrogens is 573 g/mol. The van der Waals surface area contributed by atoms with E-state index in [1.165, 1.54) is 6.07 Å². The van der Waals surface area contributed by atoms with E-state index >= 15 is 0 Å². The number of aromatic nitrogens is 2. The number of carboxylic acids is 1. The van der Waals surface area contributed by atoms with Crippen LogP contribution in [0.5, 0.6) is 11.5 Å². The Balaban J connectivity index is 1.08. The average Bonchev–Trinajstić information content (AvgIpc) is 3.71. The lowest BCUT2D eigenvalue weighted by atomic mass is 9.88. The zero-order valence-corrected chi connectivity index (χ0v) is 24.6. The first-order valence-corrected chi connectivity index (χ1v) is 15.2. The van der Waals surface area contributed by atoms with Crippen molar-refractivity contribution < 1.29 is 28.5 Å². The van der Waals surface area contributed by atoms with E-state index in [2.05, 4.69) is 15.5 Å². The topological polar surface area (TPSA) is 86.1 Å². The van der Waals surface area contributed by atoms with E-state index in [-0.39, 0.29) is 17.6 Å². The fourth-order valence-corrected chi connectivity index (χ4v) is 6.82. The van der Waals surface area contributed by atoms with Gasteiger partial charge in [-0.25, -0.2) is 14.2 Å². The van der Waals surface area contributed by atoms with E-state index in [4.69, 9.17) is 30.8 Å². The number of carbonyl (C=O) groups is 1. The van der Waals surface area contributed by atoms with Crippen molar-refractivity contribution in [3.05, 3.63) is 88.0 Å². The minimum Gasteiger partial charge on any atom is -0.478 e. The first kappa shape index (κ1) is 28.1. The number of piperidine rings is 1. The van der Waals surface area contributed by atoms with Gasteiger partial charge in [0.25, 0.3) is 5.79 Å². The van der Waals surface area contributed by atoms with Crippen LogP contribution in [0, 0.1) is 5.82 Å². The van der Waals surface area contributed by atoms with Gasteiger partial charge in [-0.2, -0.15) is 0 Å². The van der Waals surface area contributed by atoms with Gasteiger partial charge in [0, 0.05) is 24.1 Å². The predicted octanol–water partition coefficient (Wildman–Crippen LogP) is 6.73. The maximum Gasteiger partial charge on any atom is 0.335 e. The van der Waals surface area contributed by atoms with Crippen LogP contribution in [0.1, 0.15) is 65.8 Å². The van der Waals surface area contributed by atoms with Gasteiger partial charge in [-0.3, -0.25) is 4.90 Å². The number of nitrogens with zero attached hydrogens (tertiary/aromatic N) is 3. The molecule has 3 aliphatic heterocycles. The minimum atomic E-state index is -1.28. The lowest BCUT2D eigenvalue weighted by Gasteiger charge is -2.32. The molecule has 0 saturated carbocycles. The Morgan fingerprint density at radius 1 is 1.12 bits per heavy atom. The Morgan fingerprint density at radius 2 is 1.95 bits per heavy atom. The predicted molar refractivity (Wildman–Crippen MR) is 159 cm³/mol. The zero-order valence-electron chi connectivity index (χ0n) is 23.9. The molecule has 10 heteroatoms. The molecule has 1 aromatic heterocycles. The second-order valence-electron chi connectivity index (χ2n) is 11.8. The third-order valence-corrected chi connectivity index (χ3v) is 9.14. The molecule has 8 nitrogen and oxygen atoms in total. The largest absolute Gasteiger partial charge is 0.478 e. The second-order valence-corrected chi connectivity index (χ2v) is 12.2. The maximum atomic E-state index is 14.8. The number of hydrogen-bond acceptors (Lipinski definition) is 6. The molecule has 2 saturated heterocycles. The standard InChI is InChI=1S/C33H33ClFN3O5/c1-33(25-9-8-22(34)17-26(25)35)42-29-6-2-5-24(31(29)43-33)20-11-13-37(14-12-20)19-30-36-27-10-7-21(32(39)40)16-28(27)38(30)18-23-4-3-15-41-23/h2,5-10,16-17,20,23H,3-4,11-15,18-19H2,1H3,(H,39,40)/t23-,33?/m1/s1. The second kappa shape index (κ2) is 11.1. The fraction of sp³-hybridized carbons (Fsp3) is 0.394. The van der Waals surface area contributed by atoms with Crippen LogP contribution in [0.4, 0.5) is 4.39 Å². The van der Waals surface area contributed by atoms with Gasteiger partial charge < -0.3 is 23.9 Å². The van der Waals surface area contributed by atoms with E-state index in [0.717, 1.165) is 67.8 Å². The van der Waals surface area contributed by atoms with Gasteiger partial charge in [-0.1, -0.05) is 23.7 Å². The zero-order chi connectivity index (χ0) is 29.7. The molecular formula is C33H33ClFN3O5. The number of rotatable bonds is 7. The summed E-state index contributed by atoms with van der Waals surface area (Å²) in [4.78, 5) is 19.0. The number of para-hydroxylation sites is 1. The lowest BCUT2D eigenvalue weighted by molar-refractivity contribution is -0.0712. The van der Waals surface area contributed by atoms with Crippen molar-refractivity contribution in [2.24, 2.45) is 0 Å². The monoisotopic (exact) mass is 605 g/mol. The molecule has 0 amide bonds. The van der Waals surface area contributed by atoms with E-state index in [0.29, 0.717) is 35.2 Å². The Labute approximate surface area is 253 Å². The molecule has 0 radical (unpaired) electrons. The number of benzene rings is 3. The Bertz CT molecular complexity index is 1700. The maximum absolute atomic E-state index is 14.8. The number of carboxylic acid groups (broad SMARTS) is 1. The van der Waals surface area contributed by atoms with Gasteiger partial charge >= 0.3 is 5.97 Å². The molecule has 7 rings (SSSR count). The van der Waals surface area contributed by atoms with Crippen LogP contribution in [0.2, 0.25) is 5.02 Å². The van der Waals surface area contributed by atoms with Crippen molar-refractivity contribution in [1.29, 1.82) is 0 Å². The number of likely N-dealkylation sites (tertiary alicyclic amines) is 1. The summed E-state index contributed by atoms with van der Waals surface area (Å²) in [6.45, 7) is 5.53. The van der Waals surface area contributed by atoms with E-state index < -0.39 is 17.6 Å². The molecule has 0 bridgehead atoms. The molecule has 4 aromatic rings. The van der Waals surface area contributed by atoms with Crippen LogP contribution >= 0.6 is 11.6 Å². The molecule has 3 aromatic carbocycles. The highest BCUT2D eigenvalue weighted by Gasteiger charge is 2.43. The highest BCUT2D eigenvalue weighted by Crippen LogP contribution is 2.50. The lowest BCUT2D eigenvalue weighted by Crippen LogP contribution is -2.34.